The van der Waals surface area contributed by atoms with Crippen molar-refractivity contribution >= 4 is 5.91 Å². The summed E-state index contributed by atoms with van der Waals surface area (Å²) in [6, 6.07) is 4.96. The summed E-state index contributed by atoms with van der Waals surface area (Å²) < 4.78 is 10.7. The number of nitrogens with zero attached hydrogens (tertiary/aromatic N) is 1. The van der Waals surface area contributed by atoms with Crippen LogP contribution in [0.1, 0.15) is 23.2 Å². The van der Waals surface area contributed by atoms with Crippen LogP contribution in [0.4, 0.5) is 0 Å². The van der Waals surface area contributed by atoms with Crippen LogP contribution >= 0.6 is 0 Å². The normalized spacial score (nSPS) is 20.9. The van der Waals surface area contributed by atoms with Crippen LogP contribution in [0, 0.1) is 0 Å². The zero-order valence-electron chi connectivity index (χ0n) is 13.3. The molecule has 1 saturated heterocycles. The summed E-state index contributed by atoms with van der Waals surface area (Å²) in [6.45, 7) is 4.26. The topological polar surface area (TPSA) is 79.2 Å². The van der Waals surface area contributed by atoms with Gasteiger partial charge in [0.1, 0.15) is 12.2 Å². The van der Waals surface area contributed by atoms with Crippen molar-refractivity contribution < 1.29 is 24.5 Å². The molecule has 23 heavy (non-hydrogen) atoms. The SMILES string of the molecule is C=CCOc1ccc(C(=O)N2CCC[C@](O)(CO)C2)cc1OC. The fraction of sp³-hybridized carbons (Fsp3) is 0.471. The first-order valence-corrected chi connectivity index (χ1v) is 7.57. The minimum absolute atomic E-state index is 0.124. The smallest absolute Gasteiger partial charge is 0.254 e. The van der Waals surface area contributed by atoms with E-state index in [4.69, 9.17) is 9.47 Å². The van der Waals surface area contributed by atoms with Gasteiger partial charge in [0.05, 0.1) is 20.3 Å². The van der Waals surface area contributed by atoms with Gasteiger partial charge in [-0.05, 0) is 31.0 Å². The lowest BCUT2D eigenvalue weighted by Crippen LogP contribution is -2.52. The number of hydrogen-bond donors (Lipinski definition) is 2. The third-order valence-electron chi connectivity index (χ3n) is 3.90. The highest BCUT2D eigenvalue weighted by Gasteiger charge is 2.35. The lowest BCUT2D eigenvalue weighted by atomic mass is 9.93. The largest absolute Gasteiger partial charge is 0.493 e. The molecular formula is C17H23NO5. The number of likely N-dealkylation sites (tertiary alicyclic amines) is 1. The fourth-order valence-electron chi connectivity index (χ4n) is 2.67. The quantitative estimate of drug-likeness (QED) is 0.770. The van der Waals surface area contributed by atoms with Crippen LogP contribution in [0.3, 0.4) is 0 Å². The van der Waals surface area contributed by atoms with E-state index in [0.29, 0.717) is 43.1 Å². The van der Waals surface area contributed by atoms with Gasteiger partial charge in [-0.1, -0.05) is 12.7 Å². The molecule has 0 radical (unpaired) electrons. The molecule has 6 heteroatoms. The Morgan fingerprint density at radius 1 is 1.48 bits per heavy atom. The van der Waals surface area contributed by atoms with Crippen molar-refractivity contribution in [2.45, 2.75) is 18.4 Å². The lowest BCUT2D eigenvalue weighted by Gasteiger charge is -2.38. The number of β-amino-alcohol motifs (C(OH)–C–C–N with tert-alkyl or cyclic N) is 1. The van der Waals surface area contributed by atoms with Gasteiger partial charge in [0.15, 0.2) is 11.5 Å². The molecule has 0 saturated carbocycles. The molecule has 0 aromatic heterocycles. The Hall–Kier alpha value is -2.05. The number of amides is 1. The minimum atomic E-state index is -1.22. The maximum Gasteiger partial charge on any atom is 0.254 e. The predicted octanol–water partition coefficient (Wildman–Crippen LogP) is 1.22. The van der Waals surface area contributed by atoms with Crippen LogP contribution in [-0.2, 0) is 0 Å². The molecule has 0 aliphatic carbocycles. The van der Waals surface area contributed by atoms with Crippen LogP contribution in [0.25, 0.3) is 0 Å². The van der Waals surface area contributed by atoms with Crippen LogP contribution < -0.4 is 9.47 Å². The Balaban J connectivity index is 2.17. The number of piperidine rings is 1. The monoisotopic (exact) mass is 321 g/mol. The third-order valence-corrected chi connectivity index (χ3v) is 3.90. The first-order chi connectivity index (χ1) is 11.0. The molecule has 1 aliphatic rings. The molecule has 1 aliphatic heterocycles. The number of methoxy groups -OCH3 is 1. The van der Waals surface area contributed by atoms with Gasteiger partial charge < -0.3 is 24.6 Å². The molecule has 1 aromatic carbocycles. The van der Waals surface area contributed by atoms with Crippen molar-refractivity contribution in [3.05, 3.63) is 36.4 Å². The van der Waals surface area contributed by atoms with Gasteiger partial charge in [0.25, 0.3) is 5.91 Å². The number of aliphatic hydroxyl groups is 2. The molecule has 0 spiro atoms. The van der Waals surface area contributed by atoms with Gasteiger partial charge in [0, 0.05) is 12.1 Å². The number of rotatable bonds is 6. The van der Waals surface area contributed by atoms with E-state index in [-0.39, 0.29) is 19.1 Å². The van der Waals surface area contributed by atoms with Gasteiger partial charge in [0.2, 0.25) is 0 Å². The first kappa shape index (κ1) is 17.3. The van der Waals surface area contributed by atoms with Gasteiger partial charge in [-0.3, -0.25) is 4.79 Å². The molecule has 0 unspecified atom stereocenters. The van der Waals surface area contributed by atoms with Crippen molar-refractivity contribution in [2.75, 3.05) is 33.4 Å². The summed E-state index contributed by atoms with van der Waals surface area (Å²) in [6.07, 6.45) is 2.77. The van der Waals surface area contributed by atoms with Crippen molar-refractivity contribution in [1.82, 2.24) is 4.90 Å². The summed E-state index contributed by atoms with van der Waals surface area (Å²) in [7, 11) is 1.51. The maximum atomic E-state index is 12.6. The van der Waals surface area contributed by atoms with Crippen molar-refractivity contribution in [3.8, 4) is 11.5 Å². The molecule has 0 bridgehead atoms. The molecule has 6 nitrogen and oxygen atoms in total. The Labute approximate surface area is 135 Å². The van der Waals surface area contributed by atoms with Crippen LogP contribution in [0.15, 0.2) is 30.9 Å². The molecule has 2 rings (SSSR count). The molecule has 1 heterocycles. The van der Waals surface area contributed by atoms with Gasteiger partial charge in [-0.25, -0.2) is 0 Å². The van der Waals surface area contributed by atoms with Crippen molar-refractivity contribution in [1.29, 1.82) is 0 Å². The Kier molecular flexibility index (Phi) is 5.63. The average Bonchev–Trinajstić information content (AvgIpc) is 2.59. The maximum absolute atomic E-state index is 12.6. The van der Waals surface area contributed by atoms with Gasteiger partial charge in [-0.15, -0.1) is 0 Å². The Bertz CT molecular complexity index is 574. The highest BCUT2D eigenvalue weighted by atomic mass is 16.5. The van der Waals surface area contributed by atoms with E-state index in [9.17, 15) is 15.0 Å². The number of hydrogen-bond acceptors (Lipinski definition) is 5. The summed E-state index contributed by atoms with van der Waals surface area (Å²) in [5.74, 6) is 0.798. The molecule has 126 valence electrons. The highest BCUT2D eigenvalue weighted by molar-refractivity contribution is 5.95. The second-order valence-corrected chi connectivity index (χ2v) is 5.68. The predicted molar refractivity (Wildman–Crippen MR) is 85.9 cm³/mol. The van der Waals surface area contributed by atoms with E-state index < -0.39 is 5.60 Å². The van der Waals surface area contributed by atoms with E-state index in [1.54, 1.807) is 29.2 Å². The number of carbonyl (C=O) groups is 1. The lowest BCUT2D eigenvalue weighted by molar-refractivity contribution is -0.0598. The molecule has 1 atom stereocenters. The summed E-state index contributed by atoms with van der Waals surface area (Å²) in [4.78, 5) is 14.2. The first-order valence-electron chi connectivity index (χ1n) is 7.57. The molecule has 1 fully saturated rings. The van der Waals surface area contributed by atoms with Crippen LogP contribution in [-0.4, -0.2) is 60.0 Å². The standard InChI is InChI=1S/C17H23NO5/c1-3-9-23-14-6-5-13(10-15(14)22-2)16(20)18-8-4-7-17(21,11-18)12-19/h3,5-6,10,19,21H,1,4,7-9,11-12H2,2H3/t17-/m1/s1. The average molecular weight is 321 g/mol. The second-order valence-electron chi connectivity index (χ2n) is 5.68. The van der Waals surface area contributed by atoms with E-state index in [2.05, 4.69) is 6.58 Å². The number of benzene rings is 1. The van der Waals surface area contributed by atoms with Crippen molar-refractivity contribution in [2.24, 2.45) is 0 Å². The van der Waals surface area contributed by atoms with Crippen LogP contribution in [0.2, 0.25) is 0 Å². The van der Waals surface area contributed by atoms with Gasteiger partial charge in [-0.2, -0.15) is 0 Å². The summed E-state index contributed by atoms with van der Waals surface area (Å²) >= 11 is 0. The Morgan fingerprint density at radius 3 is 2.91 bits per heavy atom. The molecule has 2 N–H and O–H groups in total. The molecular weight excluding hydrogens is 298 g/mol. The molecule has 1 aromatic rings. The number of carbonyl (C=O) groups excluding carboxylic acids is 1. The summed E-state index contributed by atoms with van der Waals surface area (Å²) in [5, 5.41) is 19.5. The van der Waals surface area contributed by atoms with Gasteiger partial charge >= 0.3 is 0 Å². The van der Waals surface area contributed by atoms with Crippen molar-refractivity contribution in [3.63, 3.8) is 0 Å². The zero-order chi connectivity index (χ0) is 16.9. The minimum Gasteiger partial charge on any atom is -0.493 e. The van der Waals surface area contributed by atoms with Crippen LogP contribution in [0.5, 0.6) is 11.5 Å². The van der Waals surface area contributed by atoms with E-state index in [1.165, 1.54) is 7.11 Å². The van der Waals surface area contributed by atoms with E-state index >= 15 is 0 Å². The summed E-state index contributed by atoms with van der Waals surface area (Å²) in [5.41, 5.74) is -0.764. The van der Waals surface area contributed by atoms with E-state index in [0.717, 1.165) is 0 Å². The second kappa shape index (κ2) is 7.48. The highest BCUT2D eigenvalue weighted by Crippen LogP contribution is 2.29. The number of aliphatic hydroxyl groups excluding tert-OH is 1. The Morgan fingerprint density at radius 2 is 2.26 bits per heavy atom. The number of ether oxygens (including phenoxy) is 2. The third kappa shape index (κ3) is 4.03. The zero-order valence-corrected chi connectivity index (χ0v) is 13.3. The van der Waals surface area contributed by atoms with E-state index in [1.807, 2.05) is 0 Å². The molecule has 1 amide bonds. The fourth-order valence-corrected chi connectivity index (χ4v) is 2.67.